The Morgan fingerprint density at radius 1 is 1.32 bits per heavy atom. The van der Waals surface area contributed by atoms with Crippen LogP contribution in [0.4, 0.5) is 0 Å². The lowest BCUT2D eigenvalue weighted by molar-refractivity contribution is -0.890. The average Bonchev–Trinajstić information content (AvgIpc) is 3.00. The largest absolute Gasteiger partial charge is 0.484 e. The molecule has 0 unspecified atom stereocenters. The molecule has 1 atom stereocenters. The van der Waals surface area contributed by atoms with E-state index in [-0.39, 0.29) is 18.6 Å². The molecular formula is C16H20BrN2O2S+. The number of benzene rings is 1. The fourth-order valence-corrected chi connectivity index (χ4v) is 3.24. The average molecular weight is 384 g/mol. The molecule has 2 N–H and O–H groups in total. The van der Waals surface area contributed by atoms with E-state index in [1.165, 1.54) is 9.78 Å². The van der Waals surface area contributed by atoms with Gasteiger partial charge in [-0.25, -0.2) is 0 Å². The van der Waals surface area contributed by atoms with Gasteiger partial charge < -0.3 is 15.0 Å². The number of ether oxygens (including phenoxy) is 1. The lowest BCUT2D eigenvalue weighted by atomic mass is 10.2. The topological polar surface area (TPSA) is 42.8 Å². The van der Waals surface area contributed by atoms with Crippen molar-refractivity contribution in [2.75, 3.05) is 27.2 Å². The number of carbonyl (C=O) groups is 1. The highest BCUT2D eigenvalue weighted by Crippen LogP contribution is 2.16. The van der Waals surface area contributed by atoms with Crippen LogP contribution in [0.3, 0.4) is 0 Å². The Morgan fingerprint density at radius 2 is 2.05 bits per heavy atom. The highest BCUT2D eigenvalue weighted by Gasteiger charge is 2.19. The normalized spacial score (nSPS) is 12.2. The highest BCUT2D eigenvalue weighted by atomic mass is 79.9. The Hall–Kier alpha value is -1.37. The van der Waals surface area contributed by atoms with Crippen molar-refractivity contribution in [3.63, 3.8) is 0 Å². The van der Waals surface area contributed by atoms with Gasteiger partial charge in [-0.3, -0.25) is 4.79 Å². The van der Waals surface area contributed by atoms with E-state index in [1.807, 2.05) is 30.3 Å². The minimum absolute atomic E-state index is 0.0293. The maximum absolute atomic E-state index is 11.9. The van der Waals surface area contributed by atoms with E-state index in [4.69, 9.17) is 4.74 Å². The first-order valence-corrected chi connectivity index (χ1v) is 8.72. The first kappa shape index (κ1) is 17.0. The van der Waals surface area contributed by atoms with Crippen molar-refractivity contribution >= 4 is 33.2 Å². The molecule has 0 radical (unpaired) electrons. The molecule has 0 saturated heterocycles. The zero-order valence-electron chi connectivity index (χ0n) is 12.6. The molecule has 0 aliphatic heterocycles. The summed E-state index contributed by atoms with van der Waals surface area (Å²) in [6.07, 6.45) is 0. The lowest BCUT2D eigenvalue weighted by Gasteiger charge is -2.20. The second-order valence-corrected chi connectivity index (χ2v) is 7.09. The predicted octanol–water partition coefficient (Wildman–Crippen LogP) is 1.89. The maximum Gasteiger partial charge on any atom is 0.258 e. The van der Waals surface area contributed by atoms with Crippen LogP contribution in [0.15, 0.2) is 46.3 Å². The van der Waals surface area contributed by atoms with Crippen molar-refractivity contribution in [1.29, 1.82) is 0 Å². The summed E-state index contributed by atoms with van der Waals surface area (Å²) in [6, 6.07) is 11.8. The lowest BCUT2D eigenvalue weighted by Crippen LogP contribution is -3.06. The molecule has 0 aliphatic carbocycles. The van der Waals surface area contributed by atoms with Crippen LogP contribution < -0.4 is 15.0 Å². The molecule has 1 amide bonds. The number of hydrogen-bond donors (Lipinski definition) is 2. The predicted molar refractivity (Wildman–Crippen MR) is 92.5 cm³/mol. The molecule has 2 aromatic rings. The number of carbonyl (C=O) groups excluding carboxylic acids is 1. The van der Waals surface area contributed by atoms with Crippen LogP contribution in [0.5, 0.6) is 5.75 Å². The van der Waals surface area contributed by atoms with E-state index < -0.39 is 0 Å². The molecule has 4 nitrogen and oxygen atoms in total. The molecule has 0 aliphatic rings. The molecular weight excluding hydrogens is 364 g/mol. The monoisotopic (exact) mass is 383 g/mol. The summed E-state index contributed by atoms with van der Waals surface area (Å²) in [5.41, 5.74) is 0. The summed E-state index contributed by atoms with van der Waals surface area (Å²) >= 11 is 5.08. The second-order valence-electron chi connectivity index (χ2n) is 5.19. The molecule has 6 heteroatoms. The van der Waals surface area contributed by atoms with Crippen LogP contribution in [-0.2, 0) is 4.79 Å². The van der Waals surface area contributed by atoms with Gasteiger partial charge in [0.2, 0.25) is 0 Å². The van der Waals surface area contributed by atoms with Gasteiger partial charge in [0.25, 0.3) is 5.91 Å². The Labute approximate surface area is 143 Å². The molecule has 0 spiro atoms. The van der Waals surface area contributed by atoms with Gasteiger partial charge in [-0.2, -0.15) is 0 Å². The summed E-state index contributed by atoms with van der Waals surface area (Å²) in [4.78, 5) is 14.5. The zero-order valence-corrected chi connectivity index (χ0v) is 15.0. The third kappa shape index (κ3) is 5.12. The van der Waals surface area contributed by atoms with Crippen molar-refractivity contribution in [2.24, 2.45) is 0 Å². The number of hydrogen-bond acceptors (Lipinski definition) is 3. The van der Waals surface area contributed by atoms with E-state index in [1.54, 1.807) is 11.3 Å². The minimum Gasteiger partial charge on any atom is -0.484 e. The molecule has 2 rings (SSSR count). The van der Waals surface area contributed by atoms with Gasteiger partial charge >= 0.3 is 0 Å². The number of halogens is 1. The zero-order chi connectivity index (χ0) is 15.9. The Kier molecular flexibility index (Phi) is 6.42. The van der Waals surface area contributed by atoms with Crippen molar-refractivity contribution in [2.45, 2.75) is 6.04 Å². The third-order valence-electron chi connectivity index (χ3n) is 3.27. The van der Waals surface area contributed by atoms with Crippen molar-refractivity contribution in [3.05, 3.63) is 51.1 Å². The number of likely N-dealkylation sites (N-methyl/N-ethyl adjacent to an activating group) is 1. The summed E-state index contributed by atoms with van der Waals surface area (Å²) in [5, 5.41) is 5.01. The number of amides is 1. The van der Waals surface area contributed by atoms with Crippen LogP contribution in [0.1, 0.15) is 10.9 Å². The van der Waals surface area contributed by atoms with Crippen LogP contribution in [0, 0.1) is 0 Å². The van der Waals surface area contributed by atoms with Crippen molar-refractivity contribution in [1.82, 2.24) is 5.32 Å². The molecule has 1 aromatic heterocycles. The quantitative estimate of drug-likeness (QED) is 0.766. The van der Waals surface area contributed by atoms with Crippen LogP contribution in [0.25, 0.3) is 0 Å². The van der Waals surface area contributed by atoms with Gasteiger partial charge in [-0.1, -0.05) is 22.0 Å². The van der Waals surface area contributed by atoms with Gasteiger partial charge in [0, 0.05) is 4.47 Å². The van der Waals surface area contributed by atoms with E-state index in [2.05, 4.69) is 46.8 Å². The first-order valence-electron chi connectivity index (χ1n) is 7.05. The highest BCUT2D eigenvalue weighted by molar-refractivity contribution is 9.10. The molecule has 1 heterocycles. The standard InChI is InChI=1S/C16H19BrN2O2S/c1-19(2)14(15-4-3-9-22-15)10-18-16(20)11-21-13-7-5-12(17)6-8-13/h3-9,14H,10-11H2,1-2H3,(H,18,20)/p+1/t14-/m0/s1. The van der Waals surface area contributed by atoms with Crippen LogP contribution in [-0.4, -0.2) is 33.2 Å². The molecule has 118 valence electrons. The summed E-state index contributed by atoms with van der Waals surface area (Å²) in [5.74, 6) is 0.581. The number of quaternary nitrogens is 1. The minimum atomic E-state index is -0.106. The van der Waals surface area contributed by atoms with Gasteiger partial charge in [0.15, 0.2) is 6.61 Å². The molecule has 1 aromatic carbocycles. The van der Waals surface area contributed by atoms with E-state index in [0.29, 0.717) is 12.3 Å². The van der Waals surface area contributed by atoms with Crippen LogP contribution >= 0.6 is 27.3 Å². The van der Waals surface area contributed by atoms with Gasteiger partial charge in [0.1, 0.15) is 11.8 Å². The fraction of sp³-hybridized carbons (Fsp3) is 0.312. The van der Waals surface area contributed by atoms with Gasteiger partial charge in [0.05, 0.1) is 25.5 Å². The SMILES string of the molecule is C[NH+](C)[C@@H](CNC(=O)COc1ccc(Br)cc1)c1cccs1. The van der Waals surface area contributed by atoms with Gasteiger partial charge in [-0.05, 0) is 35.7 Å². The summed E-state index contributed by atoms with van der Waals surface area (Å²) in [7, 11) is 4.18. The first-order chi connectivity index (χ1) is 10.6. The third-order valence-corrected chi connectivity index (χ3v) is 4.79. The molecule has 0 bridgehead atoms. The Balaban J connectivity index is 1.80. The smallest absolute Gasteiger partial charge is 0.258 e. The van der Waals surface area contributed by atoms with E-state index in [0.717, 1.165) is 4.47 Å². The fourth-order valence-electron chi connectivity index (χ4n) is 2.03. The number of nitrogens with one attached hydrogen (secondary N) is 2. The number of rotatable bonds is 7. The second kappa shape index (κ2) is 8.31. The Morgan fingerprint density at radius 3 is 2.64 bits per heavy atom. The summed E-state index contributed by atoms with van der Waals surface area (Å²) < 4.78 is 6.45. The van der Waals surface area contributed by atoms with E-state index >= 15 is 0 Å². The molecule has 22 heavy (non-hydrogen) atoms. The van der Waals surface area contributed by atoms with Crippen molar-refractivity contribution in [3.8, 4) is 5.75 Å². The molecule has 0 saturated carbocycles. The Bertz CT molecular complexity index is 585. The van der Waals surface area contributed by atoms with E-state index in [9.17, 15) is 4.79 Å². The molecule has 0 fully saturated rings. The van der Waals surface area contributed by atoms with Gasteiger partial charge in [-0.15, -0.1) is 11.3 Å². The van der Waals surface area contributed by atoms with Crippen LogP contribution in [0.2, 0.25) is 0 Å². The number of thiophene rings is 1. The van der Waals surface area contributed by atoms with Crippen molar-refractivity contribution < 1.29 is 14.4 Å². The summed E-state index contributed by atoms with van der Waals surface area (Å²) in [6.45, 7) is 0.632. The maximum atomic E-state index is 11.9.